The van der Waals surface area contributed by atoms with Gasteiger partial charge in [-0.25, -0.2) is 4.39 Å². The van der Waals surface area contributed by atoms with Crippen molar-refractivity contribution in [3.8, 4) is 0 Å². The molecule has 1 aromatic rings. The Balaban J connectivity index is 1.74. The van der Waals surface area contributed by atoms with Crippen molar-refractivity contribution in [2.24, 2.45) is 0 Å². The smallest absolute Gasteiger partial charge is 0.126 e. The van der Waals surface area contributed by atoms with Crippen molar-refractivity contribution >= 4 is 0 Å². The van der Waals surface area contributed by atoms with Crippen LogP contribution in [0, 0.1) is 5.82 Å². The molecule has 3 atom stereocenters. The molecule has 3 unspecified atom stereocenters. The summed E-state index contributed by atoms with van der Waals surface area (Å²) in [7, 11) is 0. The van der Waals surface area contributed by atoms with E-state index >= 15 is 0 Å². The van der Waals surface area contributed by atoms with E-state index in [2.05, 4.69) is 5.32 Å². The van der Waals surface area contributed by atoms with E-state index in [0.29, 0.717) is 0 Å². The van der Waals surface area contributed by atoms with Crippen molar-refractivity contribution < 1.29 is 9.50 Å². The lowest BCUT2D eigenvalue weighted by molar-refractivity contribution is 0.0848. The molecule has 98 valence electrons. The minimum absolute atomic E-state index is 0.0824. The molecule has 3 rings (SSSR count). The van der Waals surface area contributed by atoms with E-state index in [-0.39, 0.29) is 24.0 Å². The molecular formula is C15H20FNO. The average Bonchev–Trinajstić information content (AvgIpc) is 2.77. The molecule has 0 aromatic heterocycles. The van der Waals surface area contributed by atoms with Gasteiger partial charge in [-0.3, -0.25) is 0 Å². The third-order valence-corrected chi connectivity index (χ3v) is 4.36. The quantitative estimate of drug-likeness (QED) is 0.844. The molecule has 2 aliphatic carbocycles. The molecule has 1 aromatic carbocycles. The zero-order valence-corrected chi connectivity index (χ0v) is 10.5. The molecule has 0 radical (unpaired) electrons. The van der Waals surface area contributed by atoms with Crippen LogP contribution >= 0.6 is 0 Å². The highest BCUT2D eigenvalue weighted by molar-refractivity contribution is 5.35. The number of halogens is 1. The fraction of sp³-hybridized carbons (Fsp3) is 0.600. The van der Waals surface area contributed by atoms with Crippen molar-refractivity contribution in [2.45, 2.75) is 56.7 Å². The minimum atomic E-state index is -0.239. The summed E-state index contributed by atoms with van der Waals surface area (Å²) >= 11 is 0. The zero-order valence-electron chi connectivity index (χ0n) is 10.5. The number of aliphatic hydroxyl groups excluding tert-OH is 1. The number of rotatable bonds is 2. The van der Waals surface area contributed by atoms with E-state index < -0.39 is 0 Å². The lowest BCUT2D eigenvalue weighted by Crippen LogP contribution is -2.43. The SMILES string of the molecule is OC1CCCCC1NC1CCc2c(F)cccc21. The van der Waals surface area contributed by atoms with Crippen LogP contribution in [0.4, 0.5) is 4.39 Å². The van der Waals surface area contributed by atoms with Gasteiger partial charge >= 0.3 is 0 Å². The van der Waals surface area contributed by atoms with E-state index in [1.165, 1.54) is 12.5 Å². The highest BCUT2D eigenvalue weighted by atomic mass is 19.1. The Bertz CT molecular complexity index is 435. The Morgan fingerprint density at radius 3 is 2.83 bits per heavy atom. The second-order valence-corrected chi connectivity index (χ2v) is 5.52. The van der Waals surface area contributed by atoms with Crippen LogP contribution in [0.3, 0.4) is 0 Å². The summed E-state index contributed by atoms with van der Waals surface area (Å²) in [6.07, 6.45) is 5.73. The maximum absolute atomic E-state index is 13.6. The molecule has 2 nitrogen and oxygen atoms in total. The van der Waals surface area contributed by atoms with Gasteiger partial charge in [-0.05, 0) is 42.9 Å². The summed E-state index contributed by atoms with van der Waals surface area (Å²) in [5.74, 6) is -0.0824. The molecule has 0 saturated heterocycles. The zero-order chi connectivity index (χ0) is 12.5. The fourth-order valence-electron chi connectivity index (χ4n) is 3.35. The van der Waals surface area contributed by atoms with Crippen molar-refractivity contribution in [3.63, 3.8) is 0 Å². The van der Waals surface area contributed by atoms with Crippen LogP contribution in [0.15, 0.2) is 18.2 Å². The first-order valence-corrected chi connectivity index (χ1v) is 6.97. The number of benzene rings is 1. The Labute approximate surface area is 107 Å². The molecule has 0 heterocycles. The Morgan fingerprint density at radius 2 is 2.00 bits per heavy atom. The second kappa shape index (κ2) is 4.98. The predicted molar refractivity (Wildman–Crippen MR) is 68.9 cm³/mol. The highest BCUT2D eigenvalue weighted by Gasteiger charge is 2.30. The highest BCUT2D eigenvalue weighted by Crippen LogP contribution is 2.34. The van der Waals surface area contributed by atoms with E-state index in [9.17, 15) is 9.50 Å². The van der Waals surface area contributed by atoms with Gasteiger partial charge < -0.3 is 10.4 Å². The van der Waals surface area contributed by atoms with Crippen LogP contribution < -0.4 is 5.32 Å². The largest absolute Gasteiger partial charge is 0.392 e. The van der Waals surface area contributed by atoms with E-state index in [1.807, 2.05) is 6.07 Å². The average molecular weight is 249 g/mol. The number of hydrogen-bond acceptors (Lipinski definition) is 2. The molecule has 0 spiro atoms. The second-order valence-electron chi connectivity index (χ2n) is 5.52. The Morgan fingerprint density at radius 1 is 1.17 bits per heavy atom. The van der Waals surface area contributed by atoms with Gasteiger partial charge in [0, 0.05) is 12.1 Å². The van der Waals surface area contributed by atoms with Crippen LogP contribution in [0.25, 0.3) is 0 Å². The Kier molecular flexibility index (Phi) is 3.35. The molecular weight excluding hydrogens is 229 g/mol. The molecule has 18 heavy (non-hydrogen) atoms. The summed E-state index contributed by atoms with van der Waals surface area (Å²) in [6.45, 7) is 0. The Hall–Kier alpha value is -0.930. The van der Waals surface area contributed by atoms with Gasteiger partial charge in [-0.1, -0.05) is 25.0 Å². The lowest BCUT2D eigenvalue weighted by atomic mass is 9.91. The number of nitrogens with one attached hydrogen (secondary N) is 1. The number of fused-ring (bicyclic) bond motifs is 1. The molecule has 0 aliphatic heterocycles. The van der Waals surface area contributed by atoms with E-state index in [0.717, 1.165) is 43.2 Å². The fourth-order valence-corrected chi connectivity index (χ4v) is 3.35. The summed E-state index contributed by atoms with van der Waals surface area (Å²) < 4.78 is 13.6. The topological polar surface area (TPSA) is 32.3 Å². The molecule has 1 saturated carbocycles. The van der Waals surface area contributed by atoms with Gasteiger partial charge in [0.05, 0.1) is 6.10 Å². The third-order valence-electron chi connectivity index (χ3n) is 4.36. The van der Waals surface area contributed by atoms with E-state index in [4.69, 9.17) is 0 Å². The molecule has 0 amide bonds. The molecule has 0 bridgehead atoms. The summed E-state index contributed by atoms with van der Waals surface area (Å²) in [5, 5.41) is 13.5. The van der Waals surface area contributed by atoms with Crippen molar-refractivity contribution in [1.82, 2.24) is 5.32 Å². The number of aliphatic hydroxyl groups is 1. The summed E-state index contributed by atoms with van der Waals surface area (Å²) in [5.41, 5.74) is 1.95. The molecule has 3 heteroatoms. The summed E-state index contributed by atoms with van der Waals surface area (Å²) in [4.78, 5) is 0. The van der Waals surface area contributed by atoms with Crippen LogP contribution in [-0.2, 0) is 6.42 Å². The predicted octanol–water partition coefficient (Wildman–Crippen LogP) is 2.71. The molecule has 2 N–H and O–H groups in total. The van der Waals surface area contributed by atoms with Gasteiger partial charge in [0.25, 0.3) is 0 Å². The van der Waals surface area contributed by atoms with Gasteiger partial charge in [0.2, 0.25) is 0 Å². The first-order chi connectivity index (χ1) is 8.75. The van der Waals surface area contributed by atoms with Crippen LogP contribution in [0.5, 0.6) is 0 Å². The van der Waals surface area contributed by atoms with Crippen molar-refractivity contribution in [1.29, 1.82) is 0 Å². The maximum atomic E-state index is 13.6. The van der Waals surface area contributed by atoms with Gasteiger partial charge in [-0.2, -0.15) is 0 Å². The van der Waals surface area contributed by atoms with Gasteiger partial charge in [0.15, 0.2) is 0 Å². The standard InChI is InChI=1S/C15H20FNO/c16-12-5-3-4-11-10(12)8-9-13(11)17-14-6-1-2-7-15(14)18/h3-5,13-15,17-18H,1-2,6-9H2. The first kappa shape index (κ1) is 12.1. The molecule has 1 fully saturated rings. The van der Waals surface area contributed by atoms with Crippen LogP contribution in [0.2, 0.25) is 0 Å². The van der Waals surface area contributed by atoms with Crippen molar-refractivity contribution in [2.75, 3.05) is 0 Å². The first-order valence-electron chi connectivity index (χ1n) is 6.97. The third kappa shape index (κ3) is 2.17. The monoisotopic (exact) mass is 249 g/mol. The van der Waals surface area contributed by atoms with E-state index in [1.54, 1.807) is 6.07 Å². The van der Waals surface area contributed by atoms with Crippen LogP contribution in [0.1, 0.15) is 49.3 Å². The minimum Gasteiger partial charge on any atom is -0.392 e. The normalized spacial score (nSPS) is 31.3. The van der Waals surface area contributed by atoms with Gasteiger partial charge in [0.1, 0.15) is 5.82 Å². The number of hydrogen-bond donors (Lipinski definition) is 2. The molecule has 2 aliphatic rings. The summed E-state index contributed by atoms with van der Waals surface area (Å²) in [6, 6.07) is 5.73. The van der Waals surface area contributed by atoms with Crippen LogP contribution in [-0.4, -0.2) is 17.3 Å². The maximum Gasteiger partial charge on any atom is 0.126 e. The van der Waals surface area contributed by atoms with Gasteiger partial charge in [-0.15, -0.1) is 0 Å². The lowest BCUT2D eigenvalue weighted by Gasteiger charge is -2.31. The van der Waals surface area contributed by atoms with Crippen molar-refractivity contribution in [3.05, 3.63) is 35.1 Å².